The lowest BCUT2D eigenvalue weighted by atomic mass is 9.97. The molecule has 4 nitrogen and oxygen atoms in total. The summed E-state index contributed by atoms with van der Waals surface area (Å²) in [5, 5.41) is 10.2. The van der Waals surface area contributed by atoms with E-state index in [1.165, 1.54) is 0 Å². The van der Waals surface area contributed by atoms with Gasteiger partial charge in [0, 0.05) is 20.3 Å². The number of rotatable bonds is 7. The Labute approximate surface area is 134 Å². The Balaban J connectivity index is 1.73. The van der Waals surface area contributed by atoms with Crippen LogP contribution in [0.2, 0.25) is 0 Å². The van der Waals surface area contributed by atoms with Crippen molar-refractivity contribution in [2.75, 3.05) is 40.0 Å². The van der Waals surface area contributed by atoms with Crippen molar-refractivity contribution in [3.05, 3.63) is 29.3 Å². The fourth-order valence-corrected chi connectivity index (χ4v) is 3.13. The molecule has 4 heteroatoms. The normalized spacial score (nSPS) is 18.4. The van der Waals surface area contributed by atoms with Gasteiger partial charge in [0.25, 0.3) is 0 Å². The minimum atomic E-state index is -0.446. The van der Waals surface area contributed by atoms with E-state index < -0.39 is 6.10 Å². The quantitative estimate of drug-likeness (QED) is 0.840. The molecule has 1 saturated heterocycles. The zero-order valence-corrected chi connectivity index (χ0v) is 14.0. The molecule has 0 bridgehead atoms. The molecule has 0 spiro atoms. The fraction of sp³-hybridized carbons (Fsp3) is 0.667. The molecule has 1 unspecified atom stereocenters. The Kier molecular flexibility index (Phi) is 6.68. The number of β-amino-alcohol motifs (C(OH)–C–C–N with tert-alkyl or cyclic N) is 1. The molecule has 1 aromatic carbocycles. The van der Waals surface area contributed by atoms with Gasteiger partial charge in [-0.3, -0.25) is 0 Å². The standard InChI is InChI=1S/C18H29NO3/c1-14-5-4-6-15(2)18(14)22-13-17(20)11-19-9-7-16(8-10-19)12-21-3/h4-6,16-17,20H,7-13H2,1-3H3. The molecule has 2 rings (SSSR count). The zero-order chi connectivity index (χ0) is 15.9. The van der Waals surface area contributed by atoms with E-state index in [1.54, 1.807) is 7.11 Å². The van der Waals surface area contributed by atoms with Crippen molar-refractivity contribution < 1.29 is 14.6 Å². The second kappa shape index (κ2) is 8.51. The van der Waals surface area contributed by atoms with Crippen molar-refractivity contribution in [2.24, 2.45) is 5.92 Å². The largest absolute Gasteiger partial charge is 0.490 e. The molecular formula is C18H29NO3. The molecule has 1 fully saturated rings. The zero-order valence-electron chi connectivity index (χ0n) is 14.0. The average Bonchev–Trinajstić information content (AvgIpc) is 2.49. The number of aryl methyl sites for hydroxylation is 2. The highest BCUT2D eigenvalue weighted by atomic mass is 16.5. The van der Waals surface area contributed by atoms with Crippen molar-refractivity contribution in [3.63, 3.8) is 0 Å². The van der Waals surface area contributed by atoms with Crippen molar-refractivity contribution in [1.82, 2.24) is 4.90 Å². The lowest BCUT2D eigenvalue weighted by Crippen LogP contribution is -2.41. The van der Waals surface area contributed by atoms with Crippen LogP contribution in [0.4, 0.5) is 0 Å². The van der Waals surface area contributed by atoms with Crippen LogP contribution in [0.5, 0.6) is 5.75 Å². The van der Waals surface area contributed by atoms with E-state index in [0.717, 1.165) is 49.4 Å². The molecule has 1 aliphatic heterocycles. The molecule has 22 heavy (non-hydrogen) atoms. The molecule has 1 aliphatic rings. The van der Waals surface area contributed by atoms with Crippen LogP contribution in [0.25, 0.3) is 0 Å². The molecule has 124 valence electrons. The van der Waals surface area contributed by atoms with Crippen LogP contribution in [-0.2, 0) is 4.74 Å². The summed E-state index contributed by atoms with van der Waals surface area (Å²) in [6.07, 6.45) is 1.86. The molecule has 1 aromatic rings. The topological polar surface area (TPSA) is 41.9 Å². The van der Waals surface area contributed by atoms with Gasteiger partial charge < -0.3 is 19.5 Å². The summed E-state index contributed by atoms with van der Waals surface area (Å²) >= 11 is 0. The number of methoxy groups -OCH3 is 1. The first-order valence-corrected chi connectivity index (χ1v) is 8.18. The number of piperidine rings is 1. The number of aliphatic hydroxyl groups excluding tert-OH is 1. The van der Waals surface area contributed by atoms with Crippen LogP contribution in [0.15, 0.2) is 18.2 Å². The third kappa shape index (κ3) is 4.97. The summed E-state index contributed by atoms with van der Waals surface area (Å²) in [6, 6.07) is 6.10. The predicted molar refractivity (Wildman–Crippen MR) is 88.5 cm³/mol. The van der Waals surface area contributed by atoms with Crippen LogP contribution in [0.1, 0.15) is 24.0 Å². The maximum Gasteiger partial charge on any atom is 0.125 e. The van der Waals surface area contributed by atoms with E-state index in [1.807, 2.05) is 32.0 Å². The first kappa shape index (κ1) is 17.3. The summed E-state index contributed by atoms with van der Waals surface area (Å²) < 4.78 is 11.1. The molecule has 0 aromatic heterocycles. The number of ether oxygens (including phenoxy) is 2. The maximum atomic E-state index is 10.2. The maximum absolute atomic E-state index is 10.2. The van der Waals surface area contributed by atoms with Gasteiger partial charge in [-0.05, 0) is 56.8 Å². The Morgan fingerprint density at radius 3 is 2.45 bits per heavy atom. The predicted octanol–water partition coefficient (Wildman–Crippen LogP) is 2.40. The van der Waals surface area contributed by atoms with Crippen LogP contribution in [0.3, 0.4) is 0 Å². The van der Waals surface area contributed by atoms with Crippen molar-refractivity contribution >= 4 is 0 Å². The third-order valence-electron chi connectivity index (χ3n) is 4.41. The summed E-state index contributed by atoms with van der Waals surface area (Å²) in [4.78, 5) is 2.32. The molecule has 0 aliphatic carbocycles. The Morgan fingerprint density at radius 2 is 1.86 bits per heavy atom. The minimum Gasteiger partial charge on any atom is -0.490 e. The number of nitrogens with zero attached hydrogens (tertiary/aromatic N) is 1. The minimum absolute atomic E-state index is 0.351. The lowest BCUT2D eigenvalue weighted by Gasteiger charge is -2.32. The summed E-state index contributed by atoms with van der Waals surface area (Å²) in [5.41, 5.74) is 2.24. The first-order chi connectivity index (χ1) is 10.6. The lowest BCUT2D eigenvalue weighted by molar-refractivity contribution is 0.0437. The first-order valence-electron chi connectivity index (χ1n) is 8.18. The van der Waals surface area contributed by atoms with Crippen LogP contribution >= 0.6 is 0 Å². The molecule has 1 atom stereocenters. The second-order valence-corrected chi connectivity index (χ2v) is 6.39. The van der Waals surface area contributed by atoms with E-state index in [4.69, 9.17) is 9.47 Å². The summed E-state index contributed by atoms with van der Waals surface area (Å²) in [6.45, 7) is 8.04. The van der Waals surface area contributed by atoms with Gasteiger partial charge >= 0.3 is 0 Å². The second-order valence-electron chi connectivity index (χ2n) is 6.39. The summed E-state index contributed by atoms with van der Waals surface area (Å²) in [5.74, 6) is 1.57. The van der Waals surface area contributed by atoms with Crippen molar-refractivity contribution in [1.29, 1.82) is 0 Å². The average molecular weight is 307 g/mol. The highest BCUT2D eigenvalue weighted by Gasteiger charge is 2.21. The fourth-order valence-electron chi connectivity index (χ4n) is 3.13. The van der Waals surface area contributed by atoms with Gasteiger partial charge in [-0.2, -0.15) is 0 Å². The van der Waals surface area contributed by atoms with Crippen molar-refractivity contribution in [3.8, 4) is 5.75 Å². The Hall–Kier alpha value is -1.10. The SMILES string of the molecule is COCC1CCN(CC(O)COc2c(C)cccc2C)CC1. The Bertz CT molecular complexity index is 435. The highest BCUT2D eigenvalue weighted by Crippen LogP contribution is 2.22. The molecule has 0 radical (unpaired) electrons. The molecular weight excluding hydrogens is 278 g/mol. The Morgan fingerprint density at radius 1 is 1.23 bits per heavy atom. The number of benzene rings is 1. The molecule has 1 heterocycles. The number of para-hydroxylation sites is 1. The van der Waals surface area contributed by atoms with Gasteiger partial charge in [-0.1, -0.05) is 18.2 Å². The smallest absolute Gasteiger partial charge is 0.125 e. The number of hydrogen-bond acceptors (Lipinski definition) is 4. The number of likely N-dealkylation sites (tertiary alicyclic amines) is 1. The van der Waals surface area contributed by atoms with Crippen LogP contribution in [-0.4, -0.2) is 56.1 Å². The van der Waals surface area contributed by atoms with Gasteiger partial charge in [0.15, 0.2) is 0 Å². The highest BCUT2D eigenvalue weighted by molar-refractivity contribution is 5.39. The van der Waals surface area contributed by atoms with Crippen molar-refractivity contribution in [2.45, 2.75) is 32.8 Å². The monoisotopic (exact) mass is 307 g/mol. The van der Waals surface area contributed by atoms with E-state index in [2.05, 4.69) is 4.90 Å². The molecule has 0 amide bonds. The number of aliphatic hydroxyl groups is 1. The van der Waals surface area contributed by atoms with E-state index in [0.29, 0.717) is 19.1 Å². The van der Waals surface area contributed by atoms with Gasteiger partial charge in [-0.25, -0.2) is 0 Å². The van der Waals surface area contributed by atoms with Crippen LogP contribution in [0, 0.1) is 19.8 Å². The summed E-state index contributed by atoms with van der Waals surface area (Å²) in [7, 11) is 1.76. The van der Waals surface area contributed by atoms with Crippen LogP contribution < -0.4 is 4.74 Å². The molecule has 1 N–H and O–H groups in total. The molecule has 0 saturated carbocycles. The van der Waals surface area contributed by atoms with E-state index in [9.17, 15) is 5.11 Å². The number of hydrogen-bond donors (Lipinski definition) is 1. The van der Waals surface area contributed by atoms with Gasteiger partial charge in [0.05, 0.1) is 0 Å². The van der Waals surface area contributed by atoms with E-state index >= 15 is 0 Å². The van der Waals surface area contributed by atoms with Gasteiger partial charge in [-0.15, -0.1) is 0 Å². The van der Waals surface area contributed by atoms with Gasteiger partial charge in [0.1, 0.15) is 18.5 Å². The van der Waals surface area contributed by atoms with Gasteiger partial charge in [0.2, 0.25) is 0 Å². The van der Waals surface area contributed by atoms with E-state index in [-0.39, 0.29) is 0 Å². The third-order valence-corrected chi connectivity index (χ3v) is 4.41.